The highest BCUT2D eigenvalue weighted by Crippen LogP contribution is 2.48. The van der Waals surface area contributed by atoms with Gasteiger partial charge in [0, 0.05) is 18.0 Å². The van der Waals surface area contributed by atoms with Gasteiger partial charge in [-0.15, -0.1) is 0 Å². The Morgan fingerprint density at radius 1 is 1.19 bits per heavy atom. The van der Waals surface area contributed by atoms with Crippen LogP contribution >= 0.6 is 0 Å². The number of carbonyl (C=O) groups excluding carboxylic acids is 1. The second kappa shape index (κ2) is 12.2. The first-order valence-electron chi connectivity index (χ1n) is 12.2. The number of carbonyl (C=O) groups is 1. The van der Waals surface area contributed by atoms with Gasteiger partial charge in [-0.1, -0.05) is 68.2 Å². The minimum Gasteiger partial charge on any atom is -0.392 e. The van der Waals surface area contributed by atoms with Gasteiger partial charge in [0.1, 0.15) is 0 Å². The molecule has 0 heterocycles. The van der Waals surface area contributed by atoms with Crippen LogP contribution in [0.25, 0.3) is 0 Å². The van der Waals surface area contributed by atoms with Crippen molar-refractivity contribution in [1.29, 1.82) is 0 Å². The average molecular weight is 426 g/mol. The van der Waals surface area contributed by atoms with E-state index in [0.29, 0.717) is 18.3 Å². The third kappa shape index (κ3) is 7.33. The Balaban J connectivity index is 1.37. The third-order valence-electron chi connectivity index (χ3n) is 6.82. The Labute approximate surface area is 187 Å². The van der Waals surface area contributed by atoms with E-state index >= 15 is 0 Å². The molecule has 4 nitrogen and oxygen atoms in total. The molecule has 0 bridgehead atoms. The topological polar surface area (TPSA) is 69.6 Å². The normalized spacial score (nSPS) is 26.1. The van der Waals surface area contributed by atoms with Gasteiger partial charge < -0.3 is 15.5 Å². The lowest BCUT2D eigenvalue weighted by Crippen LogP contribution is -2.18. The first-order valence-corrected chi connectivity index (χ1v) is 12.2. The number of allylic oxidation sites excluding steroid dienone is 2. The highest BCUT2D eigenvalue weighted by Gasteiger charge is 2.43. The molecule has 2 aliphatic rings. The van der Waals surface area contributed by atoms with Crippen LogP contribution in [0.3, 0.4) is 0 Å². The average Bonchev–Trinajstić information content (AvgIpc) is 3.27. The number of unbranched alkanes of at least 4 members (excludes halogenated alkanes) is 3. The summed E-state index contributed by atoms with van der Waals surface area (Å²) >= 11 is 0. The first-order chi connectivity index (χ1) is 15.1. The summed E-state index contributed by atoms with van der Waals surface area (Å²) in [5.74, 6) is 1.15. The molecule has 0 spiro atoms. The number of fused-ring (bicyclic) bond motifs is 1. The van der Waals surface area contributed by atoms with E-state index in [-0.39, 0.29) is 17.9 Å². The number of anilines is 1. The molecule has 3 N–H and O–H groups in total. The lowest BCUT2D eigenvalue weighted by Gasteiger charge is -2.19. The standard InChI is InChI=1S/C27H39NO3/c1-2-3-5-13-23(29)15-16-24-25-18-20(17-21(25)19-26(24)30)10-8-9-14-27(31)28-22-11-6-4-7-12-22/h4,6-7,11-12,15-17,21,23-26,29-30H,2-3,5,8-10,13-14,18-19H2,1H3,(H,28,31)/t21-,23-,24+,25-,26+/m0/s1. The molecule has 1 fully saturated rings. The summed E-state index contributed by atoms with van der Waals surface area (Å²) in [6.45, 7) is 2.17. The van der Waals surface area contributed by atoms with Crippen LogP contribution in [0.4, 0.5) is 5.69 Å². The second-order valence-electron chi connectivity index (χ2n) is 9.31. The summed E-state index contributed by atoms with van der Waals surface area (Å²) in [4.78, 5) is 12.1. The largest absolute Gasteiger partial charge is 0.392 e. The van der Waals surface area contributed by atoms with Gasteiger partial charge in [0.2, 0.25) is 5.91 Å². The van der Waals surface area contributed by atoms with Crippen LogP contribution in [-0.4, -0.2) is 28.3 Å². The van der Waals surface area contributed by atoms with Crippen LogP contribution < -0.4 is 5.32 Å². The summed E-state index contributed by atoms with van der Waals surface area (Å²) in [6.07, 6.45) is 15.2. The second-order valence-corrected chi connectivity index (χ2v) is 9.31. The van der Waals surface area contributed by atoms with Gasteiger partial charge in [0.15, 0.2) is 0 Å². The van der Waals surface area contributed by atoms with Gasteiger partial charge in [-0.3, -0.25) is 4.79 Å². The van der Waals surface area contributed by atoms with E-state index < -0.39 is 6.10 Å². The molecule has 4 heteroatoms. The molecule has 0 radical (unpaired) electrons. The molecule has 0 saturated heterocycles. The Hall–Kier alpha value is -1.91. The van der Waals surface area contributed by atoms with Crippen LogP contribution in [0.2, 0.25) is 0 Å². The highest BCUT2D eigenvalue weighted by molar-refractivity contribution is 5.90. The number of hydrogen-bond donors (Lipinski definition) is 3. The number of aliphatic hydroxyl groups excluding tert-OH is 2. The molecule has 0 unspecified atom stereocenters. The summed E-state index contributed by atoms with van der Waals surface area (Å²) < 4.78 is 0. The number of amides is 1. The molecule has 2 aliphatic carbocycles. The zero-order chi connectivity index (χ0) is 22.1. The van der Waals surface area contributed by atoms with Crippen molar-refractivity contribution in [3.63, 3.8) is 0 Å². The van der Waals surface area contributed by atoms with Crippen molar-refractivity contribution in [2.45, 2.75) is 83.3 Å². The molecular weight excluding hydrogens is 386 g/mol. The molecule has 170 valence electrons. The monoisotopic (exact) mass is 425 g/mol. The number of hydrogen-bond acceptors (Lipinski definition) is 3. The molecule has 31 heavy (non-hydrogen) atoms. The Bertz CT molecular complexity index is 742. The van der Waals surface area contributed by atoms with E-state index in [4.69, 9.17) is 0 Å². The van der Waals surface area contributed by atoms with E-state index in [1.165, 1.54) is 5.57 Å². The molecular formula is C27H39NO3. The lowest BCUT2D eigenvalue weighted by molar-refractivity contribution is -0.116. The van der Waals surface area contributed by atoms with Gasteiger partial charge in [0.25, 0.3) is 0 Å². The first kappa shape index (κ1) is 23.7. The van der Waals surface area contributed by atoms with Gasteiger partial charge in [-0.05, 0) is 62.5 Å². The zero-order valence-electron chi connectivity index (χ0n) is 18.9. The number of para-hydroxylation sites is 1. The minimum absolute atomic E-state index is 0.0780. The van der Waals surface area contributed by atoms with E-state index in [9.17, 15) is 15.0 Å². The fourth-order valence-electron chi connectivity index (χ4n) is 5.13. The molecule has 1 aromatic carbocycles. The summed E-state index contributed by atoms with van der Waals surface area (Å²) in [6, 6.07) is 9.60. The molecule has 0 aliphatic heterocycles. The molecule has 5 atom stereocenters. The number of aliphatic hydroxyl groups is 2. The summed E-state index contributed by atoms with van der Waals surface area (Å²) in [5, 5.41) is 23.6. The summed E-state index contributed by atoms with van der Waals surface area (Å²) in [5.41, 5.74) is 2.33. The molecule has 1 saturated carbocycles. The maximum atomic E-state index is 12.1. The maximum absolute atomic E-state index is 12.1. The third-order valence-corrected chi connectivity index (χ3v) is 6.82. The van der Waals surface area contributed by atoms with E-state index in [2.05, 4.69) is 24.4 Å². The van der Waals surface area contributed by atoms with Crippen LogP contribution in [0.5, 0.6) is 0 Å². The fraction of sp³-hybridized carbons (Fsp3) is 0.593. The van der Waals surface area contributed by atoms with E-state index in [0.717, 1.165) is 63.5 Å². The van der Waals surface area contributed by atoms with E-state index in [1.54, 1.807) is 0 Å². The Morgan fingerprint density at radius 3 is 2.77 bits per heavy atom. The summed E-state index contributed by atoms with van der Waals surface area (Å²) in [7, 11) is 0. The van der Waals surface area contributed by atoms with Gasteiger partial charge in [-0.25, -0.2) is 0 Å². The Kier molecular flexibility index (Phi) is 9.35. The van der Waals surface area contributed by atoms with Crippen molar-refractivity contribution >= 4 is 11.6 Å². The van der Waals surface area contributed by atoms with Gasteiger partial charge >= 0.3 is 0 Å². The predicted octanol–water partition coefficient (Wildman–Crippen LogP) is 5.63. The van der Waals surface area contributed by atoms with Crippen LogP contribution in [-0.2, 0) is 4.79 Å². The van der Waals surface area contributed by atoms with Crippen molar-refractivity contribution in [2.24, 2.45) is 17.8 Å². The Morgan fingerprint density at radius 2 is 2.00 bits per heavy atom. The number of nitrogens with one attached hydrogen (secondary N) is 1. The van der Waals surface area contributed by atoms with Crippen LogP contribution in [0.15, 0.2) is 54.1 Å². The number of benzene rings is 1. The molecule has 0 aromatic heterocycles. The van der Waals surface area contributed by atoms with E-state index in [1.807, 2.05) is 36.4 Å². The molecule has 1 amide bonds. The minimum atomic E-state index is -0.395. The van der Waals surface area contributed by atoms with Crippen LogP contribution in [0.1, 0.15) is 71.1 Å². The van der Waals surface area contributed by atoms with Crippen molar-refractivity contribution in [3.05, 3.63) is 54.1 Å². The SMILES string of the molecule is CCCCC[C@H](O)C=C[C@@H]1[C@H]2CC(CCCCC(=O)Nc3ccccc3)=C[C@H]2C[C@H]1O. The van der Waals surface area contributed by atoms with Crippen molar-refractivity contribution in [1.82, 2.24) is 0 Å². The molecule has 1 aromatic rings. The van der Waals surface area contributed by atoms with Crippen LogP contribution in [0, 0.1) is 17.8 Å². The van der Waals surface area contributed by atoms with Gasteiger partial charge in [-0.2, -0.15) is 0 Å². The lowest BCUT2D eigenvalue weighted by atomic mass is 9.88. The number of rotatable bonds is 12. The van der Waals surface area contributed by atoms with Crippen molar-refractivity contribution in [3.8, 4) is 0 Å². The fourth-order valence-corrected chi connectivity index (χ4v) is 5.13. The van der Waals surface area contributed by atoms with Crippen molar-refractivity contribution in [2.75, 3.05) is 5.32 Å². The quantitative estimate of drug-likeness (QED) is 0.300. The highest BCUT2D eigenvalue weighted by atomic mass is 16.3. The van der Waals surface area contributed by atoms with Crippen molar-refractivity contribution < 1.29 is 15.0 Å². The predicted molar refractivity (Wildman–Crippen MR) is 127 cm³/mol. The van der Waals surface area contributed by atoms with Gasteiger partial charge in [0.05, 0.1) is 12.2 Å². The zero-order valence-corrected chi connectivity index (χ0v) is 18.9. The molecule has 3 rings (SSSR count). The maximum Gasteiger partial charge on any atom is 0.224 e. The smallest absolute Gasteiger partial charge is 0.224 e.